The third kappa shape index (κ3) is 2.27. The Kier molecular flexibility index (Phi) is 4.35. The zero-order chi connectivity index (χ0) is 10.6. The summed E-state index contributed by atoms with van der Waals surface area (Å²) < 4.78 is 0. The highest BCUT2D eigenvalue weighted by molar-refractivity contribution is 4.95. The van der Waals surface area contributed by atoms with Gasteiger partial charge in [-0.15, -0.1) is 0 Å². The molecule has 0 amide bonds. The minimum Gasteiger partial charge on any atom is -0.389 e. The normalized spacial score (nSPS) is 35.6. The van der Waals surface area contributed by atoms with Crippen LogP contribution < -0.4 is 11.1 Å². The van der Waals surface area contributed by atoms with Crippen molar-refractivity contribution in [2.45, 2.75) is 38.7 Å². The number of hydrogen-bond donors (Lipinski definition) is 3. The lowest BCUT2D eigenvalue weighted by molar-refractivity contribution is -0.0820. The summed E-state index contributed by atoms with van der Waals surface area (Å²) in [5, 5.41) is 13.9. The fraction of sp³-hybridized carbons (Fsp3) is 1.00. The van der Waals surface area contributed by atoms with E-state index in [9.17, 15) is 5.11 Å². The molecule has 1 heterocycles. The molecule has 3 heteroatoms. The maximum atomic E-state index is 10.6. The molecule has 0 bridgehead atoms. The van der Waals surface area contributed by atoms with Gasteiger partial charge in [-0.05, 0) is 31.8 Å². The van der Waals surface area contributed by atoms with Crippen LogP contribution in [0.3, 0.4) is 0 Å². The molecule has 0 radical (unpaired) electrons. The average molecular weight is 200 g/mol. The second-order valence-corrected chi connectivity index (χ2v) is 4.57. The van der Waals surface area contributed by atoms with E-state index in [2.05, 4.69) is 19.2 Å². The highest BCUT2D eigenvalue weighted by Crippen LogP contribution is 2.33. The number of hydrogen-bond acceptors (Lipinski definition) is 3. The number of aliphatic hydroxyl groups is 1. The summed E-state index contributed by atoms with van der Waals surface area (Å²) in [6.07, 6.45) is 2.98. The van der Waals surface area contributed by atoms with E-state index in [1.54, 1.807) is 0 Å². The lowest BCUT2D eigenvalue weighted by Gasteiger charge is -2.44. The van der Waals surface area contributed by atoms with Crippen molar-refractivity contribution in [3.05, 3.63) is 0 Å². The summed E-state index contributed by atoms with van der Waals surface area (Å²) >= 11 is 0. The zero-order valence-corrected chi connectivity index (χ0v) is 9.42. The fourth-order valence-corrected chi connectivity index (χ4v) is 2.56. The summed E-state index contributed by atoms with van der Waals surface area (Å²) in [5.74, 6) is 0.584. The maximum absolute atomic E-state index is 10.6. The molecule has 1 aliphatic heterocycles. The van der Waals surface area contributed by atoms with Crippen LogP contribution in [0.1, 0.15) is 33.1 Å². The summed E-state index contributed by atoms with van der Waals surface area (Å²) in [5.41, 5.74) is 5.22. The van der Waals surface area contributed by atoms with Crippen molar-refractivity contribution in [3.8, 4) is 0 Å². The standard InChI is InChI=1S/C11H24N2O/c1-3-4-10(7-12)11(14)5-6-13-8-9(11)2/h9-10,13-14H,3-8,12H2,1-2H3. The number of nitrogens with one attached hydrogen (secondary N) is 1. The molecule has 3 atom stereocenters. The van der Waals surface area contributed by atoms with Gasteiger partial charge < -0.3 is 16.2 Å². The zero-order valence-electron chi connectivity index (χ0n) is 9.42. The first-order chi connectivity index (χ1) is 6.65. The maximum Gasteiger partial charge on any atom is 0.0737 e. The van der Waals surface area contributed by atoms with Gasteiger partial charge in [-0.2, -0.15) is 0 Å². The third-order valence-electron chi connectivity index (χ3n) is 3.63. The molecule has 0 spiro atoms. The van der Waals surface area contributed by atoms with Crippen molar-refractivity contribution in [2.24, 2.45) is 17.6 Å². The van der Waals surface area contributed by atoms with Gasteiger partial charge >= 0.3 is 0 Å². The first-order valence-electron chi connectivity index (χ1n) is 5.78. The van der Waals surface area contributed by atoms with E-state index in [1.165, 1.54) is 0 Å². The lowest BCUT2D eigenvalue weighted by Crippen LogP contribution is -2.55. The monoisotopic (exact) mass is 200 g/mol. The molecule has 0 saturated carbocycles. The second kappa shape index (κ2) is 5.10. The average Bonchev–Trinajstić information content (AvgIpc) is 2.19. The molecule has 0 aromatic rings. The minimum atomic E-state index is -0.532. The van der Waals surface area contributed by atoms with E-state index in [0.29, 0.717) is 12.5 Å². The summed E-state index contributed by atoms with van der Waals surface area (Å²) in [6.45, 7) is 6.70. The van der Waals surface area contributed by atoms with Crippen molar-refractivity contribution >= 4 is 0 Å². The van der Waals surface area contributed by atoms with Crippen molar-refractivity contribution in [1.29, 1.82) is 0 Å². The van der Waals surface area contributed by atoms with E-state index < -0.39 is 5.60 Å². The molecule has 1 saturated heterocycles. The molecule has 3 unspecified atom stereocenters. The molecular formula is C11H24N2O. The van der Waals surface area contributed by atoms with Crippen LogP contribution in [0.25, 0.3) is 0 Å². The van der Waals surface area contributed by atoms with Gasteiger partial charge in [0, 0.05) is 12.5 Å². The van der Waals surface area contributed by atoms with Gasteiger partial charge in [0.2, 0.25) is 0 Å². The Labute approximate surface area is 87.1 Å². The Morgan fingerprint density at radius 2 is 2.36 bits per heavy atom. The predicted molar refractivity (Wildman–Crippen MR) is 59.1 cm³/mol. The Hall–Kier alpha value is -0.120. The van der Waals surface area contributed by atoms with Crippen LogP contribution in [0.4, 0.5) is 0 Å². The number of piperidine rings is 1. The highest BCUT2D eigenvalue weighted by Gasteiger charge is 2.41. The van der Waals surface area contributed by atoms with Crippen LogP contribution in [0.5, 0.6) is 0 Å². The van der Waals surface area contributed by atoms with Crippen LogP contribution >= 0.6 is 0 Å². The third-order valence-corrected chi connectivity index (χ3v) is 3.63. The molecule has 84 valence electrons. The predicted octanol–water partition coefficient (Wildman–Crippen LogP) is 0.722. The number of rotatable bonds is 4. The Morgan fingerprint density at radius 1 is 1.64 bits per heavy atom. The minimum absolute atomic E-state index is 0.268. The van der Waals surface area contributed by atoms with Crippen LogP contribution in [-0.4, -0.2) is 30.3 Å². The van der Waals surface area contributed by atoms with Crippen LogP contribution in [0, 0.1) is 11.8 Å². The summed E-state index contributed by atoms with van der Waals surface area (Å²) in [6, 6.07) is 0. The molecule has 1 rings (SSSR count). The molecule has 1 fully saturated rings. The van der Waals surface area contributed by atoms with Crippen molar-refractivity contribution in [2.75, 3.05) is 19.6 Å². The van der Waals surface area contributed by atoms with E-state index in [-0.39, 0.29) is 5.92 Å². The van der Waals surface area contributed by atoms with Crippen molar-refractivity contribution < 1.29 is 5.11 Å². The molecular weight excluding hydrogens is 176 g/mol. The van der Waals surface area contributed by atoms with E-state index in [0.717, 1.165) is 32.4 Å². The Morgan fingerprint density at radius 3 is 2.86 bits per heavy atom. The molecule has 14 heavy (non-hydrogen) atoms. The summed E-state index contributed by atoms with van der Waals surface area (Å²) in [4.78, 5) is 0. The van der Waals surface area contributed by atoms with E-state index in [4.69, 9.17) is 5.73 Å². The first kappa shape index (κ1) is 12.0. The molecule has 1 aliphatic rings. The van der Waals surface area contributed by atoms with Gasteiger partial charge in [0.1, 0.15) is 0 Å². The topological polar surface area (TPSA) is 58.3 Å². The van der Waals surface area contributed by atoms with Gasteiger partial charge in [0.15, 0.2) is 0 Å². The molecule has 0 aromatic carbocycles. The molecule has 3 nitrogen and oxygen atoms in total. The smallest absolute Gasteiger partial charge is 0.0737 e. The first-order valence-corrected chi connectivity index (χ1v) is 5.78. The molecule has 0 aromatic heterocycles. The van der Waals surface area contributed by atoms with Crippen molar-refractivity contribution in [3.63, 3.8) is 0 Å². The summed E-state index contributed by atoms with van der Waals surface area (Å²) in [7, 11) is 0. The quantitative estimate of drug-likeness (QED) is 0.627. The van der Waals surface area contributed by atoms with Gasteiger partial charge in [-0.1, -0.05) is 20.3 Å². The highest BCUT2D eigenvalue weighted by atomic mass is 16.3. The van der Waals surface area contributed by atoms with Crippen LogP contribution in [0.2, 0.25) is 0 Å². The van der Waals surface area contributed by atoms with Gasteiger partial charge in [0.05, 0.1) is 5.60 Å². The van der Waals surface area contributed by atoms with E-state index in [1.807, 2.05) is 0 Å². The van der Waals surface area contributed by atoms with Gasteiger partial charge in [-0.3, -0.25) is 0 Å². The van der Waals surface area contributed by atoms with Crippen molar-refractivity contribution in [1.82, 2.24) is 5.32 Å². The molecule has 0 aliphatic carbocycles. The second-order valence-electron chi connectivity index (χ2n) is 4.57. The largest absolute Gasteiger partial charge is 0.389 e. The number of nitrogens with two attached hydrogens (primary N) is 1. The van der Waals surface area contributed by atoms with Crippen LogP contribution in [0.15, 0.2) is 0 Å². The van der Waals surface area contributed by atoms with E-state index >= 15 is 0 Å². The van der Waals surface area contributed by atoms with Gasteiger partial charge in [0.25, 0.3) is 0 Å². The Bertz CT molecular complexity index is 175. The fourth-order valence-electron chi connectivity index (χ4n) is 2.56. The molecule has 4 N–H and O–H groups in total. The lowest BCUT2D eigenvalue weighted by atomic mass is 9.72. The van der Waals surface area contributed by atoms with Crippen LogP contribution in [-0.2, 0) is 0 Å². The SMILES string of the molecule is CCCC(CN)C1(O)CCNCC1C. The van der Waals surface area contributed by atoms with Gasteiger partial charge in [-0.25, -0.2) is 0 Å². The Balaban J connectivity index is 2.67.